The Balaban J connectivity index is 1.06. The van der Waals surface area contributed by atoms with Gasteiger partial charge in [0.15, 0.2) is 5.60 Å². The summed E-state index contributed by atoms with van der Waals surface area (Å²) in [6.45, 7) is 8.17. The molecule has 1 atom stereocenters. The van der Waals surface area contributed by atoms with Crippen LogP contribution in [0.15, 0.2) is 53.0 Å². The summed E-state index contributed by atoms with van der Waals surface area (Å²) in [5, 5.41) is 9.25. The lowest BCUT2D eigenvalue weighted by Gasteiger charge is -2.54. The number of carbonyl (C=O) groups is 3. The zero-order chi connectivity index (χ0) is 31.1. The summed E-state index contributed by atoms with van der Waals surface area (Å²) < 4.78 is 7.36. The summed E-state index contributed by atoms with van der Waals surface area (Å²) in [5.41, 5.74) is 1.13. The van der Waals surface area contributed by atoms with Gasteiger partial charge in [-0.05, 0) is 82.2 Å². The van der Waals surface area contributed by atoms with Crippen molar-refractivity contribution in [2.75, 3.05) is 44.2 Å². The fraction of sp³-hybridized carbons (Fsp3) is 0.559. The molecule has 2 aromatic carbocycles. The standard InChI is InChI=1S/C34H43BrN4O5/c1-33(2,31(41)38-22-34(23-38)14-17-36(18-15-34)32(42)43)44-29-7-3-6-28(19-29)37-16-4-5-25(21-37)30(40)39(27-12-13-27)20-24-8-10-26(35)11-9-24/h3,6-11,19,25,27H,4-5,12-18,20-23H2,1-2H3,(H,42,43)/t25-/m1/s1. The summed E-state index contributed by atoms with van der Waals surface area (Å²) in [5.74, 6) is 0.779. The maximum Gasteiger partial charge on any atom is 0.407 e. The Morgan fingerprint density at radius 1 is 1.00 bits per heavy atom. The number of hydrogen-bond acceptors (Lipinski definition) is 5. The second-order valence-corrected chi connectivity index (χ2v) is 14.6. The number of carboxylic acid groups (broad SMARTS) is 1. The third-order valence-corrected chi connectivity index (χ3v) is 10.3. The first-order valence-corrected chi connectivity index (χ1v) is 16.7. The van der Waals surface area contributed by atoms with Gasteiger partial charge in [-0.25, -0.2) is 4.79 Å². The van der Waals surface area contributed by atoms with Crippen LogP contribution in [0.2, 0.25) is 0 Å². The van der Waals surface area contributed by atoms with Crippen LogP contribution in [0.1, 0.15) is 57.9 Å². The van der Waals surface area contributed by atoms with E-state index in [0.29, 0.717) is 51.1 Å². The molecular formula is C34H43BrN4O5. The minimum atomic E-state index is -1.04. The van der Waals surface area contributed by atoms with Gasteiger partial charge in [0.1, 0.15) is 5.75 Å². The van der Waals surface area contributed by atoms with Gasteiger partial charge in [-0.1, -0.05) is 34.1 Å². The van der Waals surface area contributed by atoms with Crippen molar-refractivity contribution in [3.05, 3.63) is 58.6 Å². The van der Waals surface area contributed by atoms with Gasteiger partial charge < -0.3 is 29.4 Å². The lowest BCUT2D eigenvalue weighted by atomic mass is 9.71. The van der Waals surface area contributed by atoms with Crippen LogP contribution in [0, 0.1) is 11.3 Å². The number of nitrogens with zero attached hydrogens (tertiary/aromatic N) is 4. The Bertz CT molecular complexity index is 1380. The van der Waals surface area contributed by atoms with Crippen molar-refractivity contribution in [3.63, 3.8) is 0 Å². The molecule has 236 valence electrons. The maximum atomic E-state index is 13.8. The van der Waals surface area contributed by atoms with Gasteiger partial charge in [-0.2, -0.15) is 0 Å². The van der Waals surface area contributed by atoms with Crippen molar-refractivity contribution < 1.29 is 24.2 Å². The number of anilines is 1. The Morgan fingerprint density at radius 3 is 2.36 bits per heavy atom. The van der Waals surface area contributed by atoms with Gasteiger partial charge in [-0.3, -0.25) is 9.59 Å². The molecule has 6 rings (SSSR count). The molecule has 4 aliphatic rings. The normalized spacial score (nSPS) is 21.5. The van der Waals surface area contributed by atoms with Crippen molar-refractivity contribution in [2.24, 2.45) is 11.3 Å². The number of piperidine rings is 2. The van der Waals surface area contributed by atoms with Crippen LogP contribution in [0.5, 0.6) is 5.75 Å². The molecule has 3 amide bonds. The van der Waals surface area contributed by atoms with Crippen molar-refractivity contribution in [3.8, 4) is 5.75 Å². The largest absolute Gasteiger partial charge is 0.478 e. The molecule has 0 bridgehead atoms. The monoisotopic (exact) mass is 666 g/mol. The number of carbonyl (C=O) groups excluding carboxylic acids is 2. The van der Waals surface area contributed by atoms with Gasteiger partial charge in [0.25, 0.3) is 5.91 Å². The topological polar surface area (TPSA) is 93.6 Å². The van der Waals surface area contributed by atoms with E-state index in [1.54, 1.807) is 0 Å². The fourth-order valence-electron chi connectivity index (χ4n) is 7.07. The average molecular weight is 668 g/mol. The van der Waals surface area contributed by atoms with E-state index in [1.807, 2.05) is 49.1 Å². The summed E-state index contributed by atoms with van der Waals surface area (Å²) in [6, 6.07) is 16.5. The molecule has 3 saturated heterocycles. The van der Waals surface area contributed by atoms with E-state index < -0.39 is 11.7 Å². The third kappa shape index (κ3) is 6.70. The third-order valence-electron chi connectivity index (χ3n) is 9.81. The zero-order valence-electron chi connectivity index (χ0n) is 25.7. The summed E-state index contributed by atoms with van der Waals surface area (Å²) in [7, 11) is 0. The number of halogens is 1. The molecule has 1 N–H and O–H groups in total. The van der Waals surface area contributed by atoms with Crippen LogP contribution >= 0.6 is 15.9 Å². The SMILES string of the molecule is CC(C)(Oc1cccc(N2CCC[C@@H](C(=O)N(Cc3ccc(Br)cc3)C3CC3)C2)c1)C(=O)N1CC2(CCN(C(=O)O)CC2)C1. The highest BCUT2D eigenvalue weighted by molar-refractivity contribution is 9.10. The van der Waals surface area contributed by atoms with Crippen molar-refractivity contribution >= 4 is 39.5 Å². The van der Waals surface area contributed by atoms with Crippen LogP contribution < -0.4 is 9.64 Å². The Kier molecular flexibility index (Phi) is 8.56. The molecule has 10 heteroatoms. The Labute approximate surface area is 268 Å². The van der Waals surface area contributed by atoms with Crippen LogP contribution in [0.4, 0.5) is 10.5 Å². The molecule has 0 radical (unpaired) electrons. The van der Waals surface area contributed by atoms with E-state index in [4.69, 9.17) is 4.74 Å². The highest BCUT2D eigenvalue weighted by atomic mass is 79.9. The molecule has 44 heavy (non-hydrogen) atoms. The van der Waals surface area contributed by atoms with E-state index in [0.717, 1.165) is 60.8 Å². The number of rotatable bonds is 8. The van der Waals surface area contributed by atoms with Crippen LogP contribution in [-0.4, -0.2) is 88.6 Å². The number of likely N-dealkylation sites (tertiary alicyclic amines) is 2. The molecule has 1 aliphatic carbocycles. The predicted octanol–water partition coefficient (Wildman–Crippen LogP) is 5.62. The first-order chi connectivity index (χ1) is 21.0. The second-order valence-electron chi connectivity index (χ2n) is 13.6. The van der Waals surface area contributed by atoms with E-state index in [1.165, 1.54) is 4.90 Å². The smallest absolute Gasteiger partial charge is 0.407 e. The Hall–Kier alpha value is -3.27. The van der Waals surface area contributed by atoms with E-state index >= 15 is 0 Å². The molecule has 0 aromatic heterocycles. The second kappa shape index (κ2) is 12.3. The molecule has 3 aliphatic heterocycles. The van der Waals surface area contributed by atoms with Gasteiger partial charge >= 0.3 is 6.09 Å². The molecule has 0 unspecified atom stereocenters. The quantitative estimate of drug-likeness (QED) is 0.393. The van der Waals surface area contributed by atoms with E-state index in [2.05, 4.69) is 43.9 Å². The number of hydrogen-bond donors (Lipinski definition) is 1. The first-order valence-electron chi connectivity index (χ1n) is 15.9. The lowest BCUT2D eigenvalue weighted by Crippen LogP contribution is -2.65. The van der Waals surface area contributed by atoms with Crippen LogP contribution in [0.3, 0.4) is 0 Å². The van der Waals surface area contributed by atoms with Crippen molar-refractivity contribution in [1.82, 2.24) is 14.7 Å². The zero-order valence-corrected chi connectivity index (χ0v) is 27.3. The predicted molar refractivity (Wildman–Crippen MR) is 172 cm³/mol. The summed E-state index contributed by atoms with van der Waals surface area (Å²) >= 11 is 3.50. The van der Waals surface area contributed by atoms with Gasteiger partial charge in [-0.15, -0.1) is 0 Å². The molecule has 3 heterocycles. The minimum Gasteiger partial charge on any atom is -0.478 e. The van der Waals surface area contributed by atoms with Gasteiger partial charge in [0.05, 0.1) is 5.92 Å². The van der Waals surface area contributed by atoms with E-state index in [9.17, 15) is 19.5 Å². The summed E-state index contributed by atoms with van der Waals surface area (Å²) in [4.78, 5) is 46.2. The molecular weight excluding hydrogens is 624 g/mol. The summed E-state index contributed by atoms with van der Waals surface area (Å²) in [6.07, 6.45) is 4.70. The van der Waals surface area contributed by atoms with Crippen LogP contribution in [-0.2, 0) is 16.1 Å². The number of benzene rings is 2. The van der Waals surface area contributed by atoms with Crippen molar-refractivity contribution in [2.45, 2.75) is 70.6 Å². The number of amides is 3. The van der Waals surface area contributed by atoms with E-state index in [-0.39, 0.29) is 23.1 Å². The molecule has 1 saturated carbocycles. The highest BCUT2D eigenvalue weighted by Crippen LogP contribution is 2.42. The number of ether oxygens (including phenoxy) is 1. The maximum absolute atomic E-state index is 13.8. The Morgan fingerprint density at radius 2 is 1.70 bits per heavy atom. The first kappa shape index (κ1) is 30.7. The molecule has 4 fully saturated rings. The fourth-order valence-corrected chi connectivity index (χ4v) is 7.33. The lowest BCUT2D eigenvalue weighted by molar-refractivity contribution is -0.160. The van der Waals surface area contributed by atoms with Crippen molar-refractivity contribution in [1.29, 1.82) is 0 Å². The molecule has 9 nitrogen and oxygen atoms in total. The van der Waals surface area contributed by atoms with Gasteiger partial charge in [0.2, 0.25) is 5.91 Å². The molecule has 2 aromatic rings. The van der Waals surface area contributed by atoms with Gasteiger partial charge in [0, 0.05) is 73.5 Å². The average Bonchev–Trinajstić information content (AvgIpc) is 3.84. The minimum absolute atomic E-state index is 0.0210. The highest BCUT2D eigenvalue weighted by Gasteiger charge is 2.50. The van der Waals surface area contributed by atoms with Crippen LogP contribution in [0.25, 0.3) is 0 Å². The molecule has 1 spiro atoms.